The SMILES string of the molecule is ClCC1(CCCOc2ccccc2)CC2CC2C1. The summed E-state index contributed by atoms with van der Waals surface area (Å²) in [6.45, 7) is 0.817. The van der Waals surface area contributed by atoms with Crippen LogP contribution in [0.25, 0.3) is 0 Å². The molecule has 0 amide bonds. The molecule has 2 unspecified atom stereocenters. The molecule has 2 saturated carbocycles. The number of benzene rings is 1. The minimum Gasteiger partial charge on any atom is -0.494 e. The molecule has 2 fully saturated rings. The molecule has 2 aliphatic rings. The first-order chi connectivity index (χ1) is 8.81. The molecular weight excluding hydrogens is 244 g/mol. The maximum atomic E-state index is 6.21. The Morgan fingerprint density at radius 2 is 1.89 bits per heavy atom. The van der Waals surface area contributed by atoms with Crippen LogP contribution in [0.3, 0.4) is 0 Å². The molecule has 1 aromatic carbocycles. The van der Waals surface area contributed by atoms with Crippen LogP contribution in [0.15, 0.2) is 30.3 Å². The summed E-state index contributed by atoms with van der Waals surface area (Å²) < 4.78 is 5.75. The molecule has 0 radical (unpaired) electrons. The Bertz CT molecular complexity index is 379. The number of para-hydroxylation sites is 1. The zero-order valence-electron chi connectivity index (χ0n) is 10.8. The molecule has 1 aromatic rings. The second kappa shape index (κ2) is 5.13. The summed E-state index contributed by atoms with van der Waals surface area (Å²) in [5, 5.41) is 0. The van der Waals surface area contributed by atoms with Crippen molar-refractivity contribution in [1.29, 1.82) is 0 Å². The highest BCUT2D eigenvalue weighted by molar-refractivity contribution is 6.18. The number of alkyl halides is 1. The van der Waals surface area contributed by atoms with Crippen molar-refractivity contribution in [2.24, 2.45) is 17.3 Å². The quantitative estimate of drug-likeness (QED) is 0.543. The molecule has 0 aliphatic heterocycles. The largest absolute Gasteiger partial charge is 0.494 e. The van der Waals surface area contributed by atoms with Gasteiger partial charge in [0.1, 0.15) is 5.75 Å². The molecule has 18 heavy (non-hydrogen) atoms. The number of rotatable bonds is 6. The molecule has 1 nitrogen and oxygen atoms in total. The van der Waals surface area contributed by atoms with Gasteiger partial charge in [-0.2, -0.15) is 0 Å². The minimum absolute atomic E-state index is 0.440. The first kappa shape index (κ1) is 12.3. The first-order valence-corrected chi connectivity index (χ1v) is 7.59. The van der Waals surface area contributed by atoms with Gasteiger partial charge in [0.25, 0.3) is 0 Å². The average Bonchev–Trinajstić information content (AvgIpc) is 3.04. The van der Waals surface area contributed by atoms with Gasteiger partial charge in [0.15, 0.2) is 0 Å². The smallest absolute Gasteiger partial charge is 0.119 e. The van der Waals surface area contributed by atoms with Crippen molar-refractivity contribution in [3.05, 3.63) is 30.3 Å². The fourth-order valence-corrected chi connectivity index (χ4v) is 3.89. The van der Waals surface area contributed by atoms with Crippen molar-refractivity contribution in [3.8, 4) is 5.75 Å². The topological polar surface area (TPSA) is 9.23 Å². The van der Waals surface area contributed by atoms with Gasteiger partial charge in [-0.15, -0.1) is 11.6 Å². The molecule has 2 aliphatic carbocycles. The lowest BCUT2D eigenvalue weighted by Gasteiger charge is -2.28. The Kier molecular flexibility index (Phi) is 3.52. The summed E-state index contributed by atoms with van der Waals surface area (Å²) >= 11 is 6.21. The third-order valence-corrected chi connectivity index (χ3v) is 5.17. The van der Waals surface area contributed by atoms with E-state index < -0.39 is 0 Å². The van der Waals surface area contributed by atoms with Crippen LogP contribution >= 0.6 is 11.6 Å². The van der Waals surface area contributed by atoms with E-state index in [0.29, 0.717) is 5.41 Å². The van der Waals surface area contributed by atoms with E-state index in [1.807, 2.05) is 30.3 Å². The van der Waals surface area contributed by atoms with E-state index in [2.05, 4.69) is 0 Å². The zero-order chi connectivity index (χ0) is 12.4. The Morgan fingerprint density at radius 3 is 2.56 bits per heavy atom. The van der Waals surface area contributed by atoms with E-state index in [9.17, 15) is 0 Å². The van der Waals surface area contributed by atoms with Crippen LogP contribution < -0.4 is 4.74 Å². The second-order valence-electron chi connectivity index (χ2n) is 6.06. The molecular formula is C16H21ClO. The van der Waals surface area contributed by atoms with Crippen molar-refractivity contribution in [2.45, 2.75) is 32.1 Å². The molecule has 2 atom stereocenters. The monoisotopic (exact) mass is 264 g/mol. The Labute approximate surface area is 114 Å². The third kappa shape index (κ3) is 2.66. The number of hydrogen-bond acceptors (Lipinski definition) is 1. The predicted octanol–water partition coefficient (Wildman–Crippen LogP) is 4.50. The highest BCUT2D eigenvalue weighted by atomic mass is 35.5. The molecule has 0 N–H and O–H groups in total. The molecule has 0 aromatic heterocycles. The van der Waals surface area contributed by atoms with E-state index in [4.69, 9.17) is 16.3 Å². The molecule has 2 heteroatoms. The maximum absolute atomic E-state index is 6.21. The summed E-state index contributed by atoms with van der Waals surface area (Å²) in [5.41, 5.74) is 0.440. The van der Waals surface area contributed by atoms with E-state index in [0.717, 1.165) is 36.5 Å². The van der Waals surface area contributed by atoms with Crippen molar-refractivity contribution in [1.82, 2.24) is 0 Å². The normalized spacial score (nSPS) is 33.2. The lowest BCUT2D eigenvalue weighted by Crippen LogP contribution is -2.21. The summed E-state index contributed by atoms with van der Waals surface area (Å²) in [7, 11) is 0. The molecule has 0 bridgehead atoms. The summed E-state index contributed by atoms with van der Waals surface area (Å²) in [6, 6.07) is 10.1. The van der Waals surface area contributed by atoms with Crippen LogP contribution in [0.1, 0.15) is 32.1 Å². The van der Waals surface area contributed by atoms with Gasteiger partial charge in [0.05, 0.1) is 6.61 Å². The lowest BCUT2D eigenvalue weighted by molar-refractivity contribution is 0.232. The van der Waals surface area contributed by atoms with Crippen molar-refractivity contribution >= 4 is 11.6 Å². The predicted molar refractivity (Wildman–Crippen MR) is 75.2 cm³/mol. The van der Waals surface area contributed by atoms with Gasteiger partial charge >= 0.3 is 0 Å². The van der Waals surface area contributed by atoms with Gasteiger partial charge in [-0.3, -0.25) is 0 Å². The molecule has 0 heterocycles. The standard InChI is InChI=1S/C16H21ClO/c17-12-16(10-13-9-14(13)11-16)7-4-8-18-15-5-2-1-3-6-15/h1-3,5-6,13-14H,4,7-12H2. The summed E-state index contributed by atoms with van der Waals surface area (Å²) in [6.07, 6.45) is 6.57. The van der Waals surface area contributed by atoms with Crippen LogP contribution in [0.5, 0.6) is 5.75 Å². The highest BCUT2D eigenvalue weighted by Crippen LogP contribution is 2.61. The Morgan fingerprint density at radius 1 is 1.17 bits per heavy atom. The summed E-state index contributed by atoms with van der Waals surface area (Å²) in [5.74, 6) is 3.84. The molecule has 0 saturated heterocycles. The number of ether oxygens (including phenoxy) is 1. The van der Waals surface area contributed by atoms with Crippen molar-refractivity contribution in [2.75, 3.05) is 12.5 Å². The van der Waals surface area contributed by atoms with Crippen LogP contribution in [0.4, 0.5) is 0 Å². The Balaban J connectivity index is 1.41. The van der Waals surface area contributed by atoms with Crippen LogP contribution in [-0.4, -0.2) is 12.5 Å². The number of halogens is 1. The van der Waals surface area contributed by atoms with Crippen LogP contribution in [0.2, 0.25) is 0 Å². The van der Waals surface area contributed by atoms with E-state index in [-0.39, 0.29) is 0 Å². The highest BCUT2D eigenvalue weighted by Gasteiger charge is 2.52. The first-order valence-electron chi connectivity index (χ1n) is 7.05. The maximum Gasteiger partial charge on any atom is 0.119 e. The molecule has 98 valence electrons. The van der Waals surface area contributed by atoms with Gasteiger partial charge in [0.2, 0.25) is 0 Å². The Hall–Kier alpha value is -0.690. The third-order valence-electron chi connectivity index (χ3n) is 4.61. The lowest BCUT2D eigenvalue weighted by atomic mass is 9.81. The van der Waals surface area contributed by atoms with Gasteiger partial charge in [-0.1, -0.05) is 18.2 Å². The van der Waals surface area contributed by atoms with E-state index in [1.54, 1.807) is 0 Å². The average molecular weight is 265 g/mol. The number of fused-ring (bicyclic) bond motifs is 1. The van der Waals surface area contributed by atoms with E-state index >= 15 is 0 Å². The van der Waals surface area contributed by atoms with Gasteiger partial charge in [-0.05, 0) is 61.5 Å². The van der Waals surface area contributed by atoms with E-state index in [1.165, 1.54) is 25.7 Å². The van der Waals surface area contributed by atoms with Crippen molar-refractivity contribution < 1.29 is 4.74 Å². The number of hydrogen-bond donors (Lipinski definition) is 0. The minimum atomic E-state index is 0.440. The molecule has 0 spiro atoms. The van der Waals surface area contributed by atoms with Crippen molar-refractivity contribution in [3.63, 3.8) is 0 Å². The molecule has 3 rings (SSSR count). The van der Waals surface area contributed by atoms with Gasteiger partial charge < -0.3 is 4.74 Å². The summed E-state index contributed by atoms with van der Waals surface area (Å²) in [4.78, 5) is 0. The second-order valence-corrected chi connectivity index (χ2v) is 6.33. The zero-order valence-corrected chi connectivity index (χ0v) is 11.5. The fraction of sp³-hybridized carbons (Fsp3) is 0.625. The van der Waals surface area contributed by atoms with Crippen LogP contribution in [0, 0.1) is 17.3 Å². The van der Waals surface area contributed by atoms with Crippen LogP contribution in [-0.2, 0) is 0 Å². The van der Waals surface area contributed by atoms with Gasteiger partial charge in [-0.25, -0.2) is 0 Å². The fourth-order valence-electron chi connectivity index (χ4n) is 3.54. The van der Waals surface area contributed by atoms with Gasteiger partial charge in [0, 0.05) is 5.88 Å².